The number of aryl methyl sites for hydroxylation is 1. The van der Waals surface area contributed by atoms with Gasteiger partial charge in [0.2, 0.25) is 0 Å². The highest BCUT2D eigenvalue weighted by Crippen LogP contribution is 2.17. The van der Waals surface area contributed by atoms with E-state index in [1.54, 1.807) is 24.9 Å². The zero-order chi connectivity index (χ0) is 14.0. The van der Waals surface area contributed by atoms with Gasteiger partial charge in [-0.2, -0.15) is 0 Å². The molecule has 0 aliphatic heterocycles. The second kappa shape index (κ2) is 5.45. The van der Waals surface area contributed by atoms with Crippen LogP contribution in [-0.4, -0.2) is 23.8 Å². The van der Waals surface area contributed by atoms with Crippen molar-refractivity contribution < 1.29 is 4.74 Å². The van der Waals surface area contributed by atoms with Gasteiger partial charge in [-0.15, -0.1) is 0 Å². The molecule has 0 aliphatic carbocycles. The second-order valence-electron chi connectivity index (χ2n) is 4.91. The van der Waals surface area contributed by atoms with Gasteiger partial charge in [0.1, 0.15) is 0 Å². The minimum absolute atomic E-state index is 0.0218. The van der Waals surface area contributed by atoms with Gasteiger partial charge in [0.05, 0.1) is 6.10 Å². The van der Waals surface area contributed by atoms with Gasteiger partial charge in [-0.1, -0.05) is 6.07 Å². The molecule has 0 aliphatic rings. The van der Waals surface area contributed by atoms with E-state index < -0.39 is 0 Å². The largest absolute Gasteiger partial charge is 0.380 e. The molecular formula is C15H20N2O2. The van der Waals surface area contributed by atoms with E-state index in [1.807, 2.05) is 31.2 Å². The van der Waals surface area contributed by atoms with Crippen LogP contribution in [0.5, 0.6) is 0 Å². The third-order valence-electron chi connectivity index (χ3n) is 3.55. The number of methoxy groups -OCH3 is 1. The average Bonchev–Trinajstić information content (AvgIpc) is 2.42. The second-order valence-corrected chi connectivity index (χ2v) is 4.91. The highest BCUT2D eigenvalue weighted by molar-refractivity contribution is 5.84. The van der Waals surface area contributed by atoms with Gasteiger partial charge in [0.15, 0.2) is 0 Å². The molecule has 4 heteroatoms. The van der Waals surface area contributed by atoms with Crippen LogP contribution in [0.25, 0.3) is 10.8 Å². The van der Waals surface area contributed by atoms with Crippen LogP contribution in [0.15, 0.2) is 35.3 Å². The Morgan fingerprint density at radius 1 is 1.26 bits per heavy atom. The van der Waals surface area contributed by atoms with E-state index in [4.69, 9.17) is 4.74 Å². The Morgan fingerprint density at radius 2 is 2.00 bits per heavy atom. The fraction of sp³-hybridized carbons (Fsp3) is 0.400. The maximum atomic E-state index is 12.1. The molecule has 19 heavy (non-hydrogen) atoms. The number of pyridine rings is 1. The Balaban J connectivity index is 2.36. The van der Waals surface area contributed by atoms with Crippen LogP contribution >= 0.6 is 0 Å². The highest BCUT2D eigenvalue weighted by Gasteiger charge is 2.11. The van der Waals surface area contributed by atoms with E-state index in [0.29, 0.717) is 0 Å². The van der Waals surface area contributed by atoms with Crippen LogP contribution in [-0.2, 0) is 11.8 Å². The molecule has 0 radical (unpaired) electrons. The van der Waals surface area contributed by atoms with Crippen molar-refractivity contribution in [2.75, 3.05) is 12.4 Å². The number of ether oxygens (including phenoxy) is 1. The summed E-state index contributed by atoms with van der Waals surface area (Å²) in [6, 6.07) is 7.97. The molecule has 0 amide bonds. The lowest BCUT2D eigenvalue weighted by Gasteiger charge is -2.21. The minimum Gasteiger partial charge on any atom is -0.380 e. The monoisotopic (exact) mass is 260 g/mol. The first-order chi connectivity index (χ1) is 9.02. The van der Waals surface area contributed by atoms with E-state index in [9.17, 15) is 4.79 Å². The summed E-state index contributed by atoms with van der Waals surface area (Å²) in [6.07, 6.45) is 1.89. The summed E-state index contributed by atoms with van der Waals surface area (Å²) in [5.41, 5.74) is 0.959. The molecule has 1 N–H and O–H groups in total. The van der Waals surface area contributed by atoms with Crippen molar-refractivity contribution in [2.45, 2.75) is 26.0 Å². The molecule has 0 saturated heterocycles. The number of anilines is 1. The molecule has 2 atom stereocenters. The summed E-state index contributed by atoms with van der Waals surface area (Å²) in [5.74, 6) is 0. The number of hydrogen-bond donors (Lipinski definition) is 1. The first-order valence-electron chi connectivity index (χ1n) is 6.41. The molecular weight excluding hydrogens is 240 g/mol. The van der Waals surface area contributed by atoms with Crippen molar-refractivity contribution in [1.29, 1.82) is 0 Å². The maximum absolute atomic E-state index is 12.1. The van der Waals surface area contributed by atoms with E-state index in [0.717, 1.165) is 16.5 Å². The standard InChI is InChI=1S/C15H20N2O2/c1-10(11(2)19-4)16-13-6-5-12-7-8-17(3)15(18)14(12)9-13/h5-11,16H,1-4H3. The zero-order valence-electron chi connectivity index (χ0n) is 11.8. The van der Waals surface area contributed by atoms with Gasteiger partial charge in [-0.05, 0) is 37.4 Å². The number of benzene rings is 1. The van der Waals surface area contributed by atoms with E-state index >= 15 is 0 Å². The van der Waals surface area contributed by atoms with E-state index in [-0.39, 0.29) is 17.7 Å². The van der Waals surface area contributed by atoms with Crippen molar-refractivity contribution >= 4 is 16.5 Å². The molecule has 2 unspecified atom stereocenters. The number of nitrogens with zero attached hydrogens (tertiary/aromatic N) is 1. The number of nitrogens with one attached hydrogen (secondary N) is 1. The van der Waals surface area contributed by atoms with Crippen LogP contribution in [0, 0.1) is 0 Å². The Hall–Kier alpha value is -1.81. The SMILES string of the molecule is COC(C)C(C)Nc1ccc2ccn(C)c(=O)c2c1. The first kappa shape index (κ1) is 13.6. The highest BCUT2D eigenvalue weighted by atomic mass is 16.5. The summed E-state index contributed by atoms with van der Waals surface area (Å²) < 4.78 is 6.88. The molecule has 1 heterocycles. The summed E-state index contributed by atoms with van der Waals surface area (Å²) in [7, 11) is 3.45. The molecule has 0 bridgehead atoms. The van der Waals surface area contributed by atoms with Gasteiger partial charge < -0.3 is 14.6 Å². The van der Waals surface area contributed by atoms with Crippen LogP contribution in [0.4, 0.5) is 5.69 Å². The van der Waals surface area contributed by atoms with Crippen LogP contribution < -0.4 is 10.9 Å². The predicted molar refractivity (Wildman–Crippen MR) is 78.7 cm³/mol. The molecule has 4 nitrogen and oxygen atoms in total. The fourth-order valence-corrected chi connectivity index (χ4v) is 2.01. The third kappa shape index (κ3) is 2.79. The molecule has 2 rings (SSSR count). The van der Waals surface area contributed by atoms with Gasteiger partial charge in [0.25, 0.3) is 5.56 Å². The summed E-state index contributed by atoms with van der Waals surface area (Å²) in [4.78, 5) is 12.1. The fourth-order valence-electron chi connectivity index (χ4n) is 2.01. The van der Waals surface area contributed by atoms with Gasteiger partial charge >= 0.3 is 0 Å². The smallest absolute Gasteiger partial charge is 0.258 e. The molecule has 102 valence electrons. The minimum atomic E-state index is 0.0218. The third-order valence-corrected chi connectivity index (χ3v) is 3.55. The number of hydrogen-bond acceptors (Lipinski definition) is 3. The predicted octanol–water partition coefficient (Wildman–Crippen LogP) is 2.37. The van der Waals surface area contributed by atoms with E-state index in [2.05, 4.69) is 12.2 Å². The molecule has 0 saturated carbocycles. The van der Waals surface area contributed by atoms with Crippen molar-refractivity contribution in [1.82, 2.24) is 4.57 Å². The molecule has 0 spiro atoms. The lowest BCUT2D eigenvalue weighted by atomic mass is 10.1. The van der Waals surface area contributed by atoms with Gasteiger partial charge in [-0.25, -0.2) is 0 Å². The van der Waals surface area contributed by atoms with Crippen molar-refractivity contribution in [3.05, 3.63) is 40.8 Å². The van der Waals surface area contributed by atoms with Gasteiger partial charge in [-0.3, -0.25) is 4.79 Å². The summed E-state index contributed by atoms with van der Waals surface area (Å²) >= 11 is 0. The number of aromatic nitrogens is 1. The lowest BCUT2D eigenvalue weighted by molar-refractivity contribution is 0.106. The van der Waals surface area contributed by atoms with Crippen molar-refractivity contribution in [3.8, 4) is 0 Å². The molecule has 1 aromatic heterocycles. The lowest BCUT2D eigenvalue weighted by Crippen LogP contribution is -2.29. The summed E-state index contributed by atoms with van der Waals surface area (Å²) in [6.45, 7) is 4.07. The molecule has 1 aromatic carbocycles. The molecule has 2 aromatic rings. The van der Waals surface area contributed by atoms with Crippen LogP contribution in [0.1, 0.15) is 13.8 Å². The Bertz CT molecular complexity index is 634. The number of rotatable bonds is 4. The maximum Gasteiger partial charge on any atom is 0.258 e. The van der Waals surface area contributed by atoms with Gasteiger partial charge in [0, 0.05) is 37.5 Å². The van der Waals surface area contributed by atoms with Crippen molar-refractivity contribution in [3.63, 3.8) is 0 Å². The Kier molecular flexibility index (Phi) is 3.90. The Labute approximate surface area is 113 Å². The normalized spacial score (nSPS) is 14.3. The zero-order valence-corrected chi connectivity index (χ0v) is 11.8. The number of fused-ring (bicyclic) bond motifs is 1. The van der Waals surface area contributed by atoms with Crippen LogP contribution in [0.3, 0.4) is 0 Å². The van der Waals surface area contributed by atoms with Crippen molar-refractivity contribution in [2.24, 2.45) is 7.05 Å². The summed E-state index contributed by atoms with van der Waals surface area (Å²) in [5, 5.41) is 5.05. The molecule has 0 fully saturated rings. The van der Waals surface area contributed by atoms with E-state index in [1.165, 1.54) is 0 Å². The van der Waals surface area contributed by atoms with Crippen LogP contribution in [0.2, 0.25) is 0 Å². The first-order valence-corrected chi connectivity index (χ1v) is 6.41. The topological polar surface area (TPSA) is 43.3 Å². The average molecular weight is 260 g/mol. The quantitative estimate of drug-likeness (QED) is 0.917. The Morgan fingerprint density at radius 3 is 2.68 bits per heavy atom.